The highest BCUT2D eigenvalue weighted by Crippen LogP contribution is 2.28. The predicted molar refractivity (Wildman–Crippen MR) is 51.2 cm³/mol. The molecular weight excluding hydrogens is 199 g/mol. The highest BCUT2D eigenvalue weighted by molar-refractivity contribution is 5.94. The zero-order valence-electron chi connectivity index (χ0n) is 8.29. The third-order valence-electron chi connectivity index (χ3n) is 2.08. The molecule has 0 spiro atoms. The van der Waals surface area contributed by atoms with Gasteiger partial charge in [0.1, 0.15) is 0 Å². The minimum Gasteiger partial charge on any atom is -0.488 e. The molecule has 0 aliphatic heterocycles. The van der Waals surface area contributed by atoms with E-state index in [-0.39, 0.29) is 11.8 Å². The van der Waals surface area contributed by atoms with Crippen LogP contribution in [0.1, 0.15) is 23.3 Å². The average molecular weight is 210 g/mol. The predicted octanol–water partition coefficient (Wildman–Crippen LogP) is 1.12. The molecule has 15 heavy (non-hydrogen) atoms. The van der Waals surface area contributed by atoms with Crippen LogP contribution in [0.3, 0.4) is 0 Å². The van der Waals surface area contributed by atoms with Crippen molar-refractivity contribution in [3.05, 3.63) is 23.8 Å². The molecule has 1 aromatic rings. The van der Waals surface area contributed by atoms with Gasteiger partial charge in [0.25, 0.3) is 5.91 Å². The smallest absolute Gasteiger partial charge is 0.273 e. The number of hydrogen-bond acceptors (Lipinski definition) is 3. The Hall–Kier alpha value is -1.65. The number of carbonyl (C=O) groups excluding carboxylic acids is 1. The van der Waals surface area contributed by atoms with Crippen molar-refractivity contribution >= 4 is 5.91 Å². The van der Waals surface area contributed by atoms with Crippen LogP contribution in [0.15, 0.2) is 12.1 Å². The van der Waals surface area contributed by atoms with E-state index in [1.165, 1.54) is 19.2 Å². The van der Waals surface area contributed by atoms with Crippen molar-refractivity contribution in [3.8, 4) is 5.75 Å². The minimum absolute atomic E-state index is 0.00407. The van der Waals surface area contributed by atoms with Crippen LogP contribution in [0, 0.1) is 5.95 Å². The molecule has 0 bridgehead atoms. The Kier molecular flexibility index (Phi) is 2.53. The molecule has 0 unspecified atom stereocenters. The van der Waals surface area contributed by atoms with Crippen LogP contribution in [-0.2, 0) is 0 Å². The van der Waals surface area contributed by atoms with Crippen LogP contribution >= 0.6 is 0 Å². The van der Waals surface area contributed by atoms with Gasteiger partial charge in [-0.3, -0.25) is 4.79 Å². The fourth-order valence-corrected chi connectivity index (χ4v) is 1.16. The van der Waals surface area contributed by atoms with Gasteiger partial charge < -0.3 is 10.1 Å². The molecule has 1 saturated carbocycles. The summed E-state index contributed by atoms with van der Waals surface area (Å²) in [6.07, 6.45) is 2.11. The number of carbonyl (C=O) groups is 1. The molecule has 1 heterocycles. The first-order chi connectivity index (χ1) is 7.20. The van der Waals surface area contributed by atoms with Crippen molar-refractivity contribution < 1.29 is 13.9 Å². The first-order valence-corrected chi connectivity index (χ1v) is 4.76. The van der Waals surface area contributed by atoms with Crippen molar-refractivity contribution in [3.63, 3.8) is 0 Å². The van der Waals surface area contributed by atoms with E-state index in [9.17, 15) is 9.18 Å². The second-order valence-electron chi connectivity index (χ2n) is 3.38. The van der Waals surface area contributed by atoms with Crippen molar-refractivity contribution in [2.75, 3.05) is 7.05 Å². The summed E-state index contributed by atoms with van der Waals surface area (Å²) in [6.45, 7) is 0. The van der Waals surface area contributed by atoms with E-state index in [0.29, 0.717) is 5.75 Å². The fourth-order valence-electron chi connectivity index (χ4n) is 1.16. The number of pyridine rings is 1. The molecule has 1 fully saturated rings. The third-order valence-corrected chi connectivity index (χ3v) is 2.08. The molecule has 80 valence electrons. The Bertz CT molecular complexity index is 391. The van der Waals surface area contributed by atoms with Gasteiger partial charge in [0, 0.05) is 7.05 Å². The van der Waals surface area contributed by atoms with Crippen LogP contribution in [0.25, 0.3) is 0 Å². The summed E-state index contributed by atoms with van der Waals surface area (Å²) >= 11 is 0. The Labute approximate surface area is 86.5 Å². The zero-order chi connectivity index (χ0) is 10.8. The van der Waals surface area contributed by atoms with Gasteiger partial charge >= 0.3 is 0 Å². The molecule has 5 heteroatoms. The summed E-state index contributed by atoms with van der Waals surface area (Å²) in [7, 11) is 1.47. The lowest BCUT2D eigenvalue weighted by molar-refractivity contribution is 0.0952. The molecule has 1 aromatic heterocycles. The Balaban J connectivity index is 2.29. The number of hydrogen-bond donors (Lipinski definition) is 1. The van der Waals surface area contributed by atoms with E-state index in [2.05, 4.69) is 10.3 Å². The summed E-state index contributed by atoms with van der Waals surface area (Å²) < 4.78 is 18.3. The van der Waals surface area contributed by atoms with E-state index in [1.54, 1.807) is 0 Å². The molecule has 4 nitrogen and oxygen atoms in total. The maximum Gasteiger partial charge on any atom is 0.273 e. The summed E-state index contributed by atoms with van der Waals surface area (Å²) in [4.78, 5) is 14.9. The summed E-state index contributed by atoms with van der Waals surface area (Å²) in [6, 6.07) is 2.62. The van der Waals surface area contributed by atoms with Crippen molar-refractivity contribution in [1.82, 2.24) is 10.3 Å². The molecule has 0 saturated heterocycles. The average Bonchev–Trinajstić information content (AvgIpc) is 3.03. The molecule has 2 rings (SSSR count). The first kappa shape index (κ1) is 9.89. The Morgan fingerprint density at radius 3 is 2.93 bits per heavy atom. The number of rotatable bonds is 3. The topological polar surface area (TPSA) is 51.2 Å². The molecule has 1 aliphatic carbocycles. The van der Waals surface area contributed by atoms with Crippen molar-refractivity contribution in [2.24, 2.45) is 0 Å². The number of aromatic nitrogens is 1. The van der Waals surface area contributed by atoms with Gasteiger partial charge in [0.15, 0.2) is 11.4 Å². The molecule has 0 atom stereocenters. The van der Waals surface area contributed by atoms with Gasteiger partial charge in [0.05, 0.1) is 6.10 Å². The van der Waals surface area contributed by atoms with E-state index < -0.39 is 11.9 Å². The van der Waals surface area contributed by atoms with Crippen molar-refractivity contribution in [2.45, 2.75) is 18.9 Å². The molecular formula is C10H11FN2O2. The number of ether oxygens (including phenoxy) is 1. The Morgan fingerprint density at radius 1 is 1.60 bits per heavy atom. The summed E-state index contributed by atoms with van der Waals surface area (Å²) in [5.74, 6) is -0.778. The molecule has 0 aromatic carbocycles. The highest BCUT2D eigenvalue weighted by Gasteiger charge is 2.26. The highest BCUT2D eigenvalue weighted by atomic mass is 19.1. The van der Waals surface area contributed by atoms with E-state index in [4.69, 9.17) is 4.74 Å². The van der Waals surface area contributed by atoms with Gasteiger partial charge in [-0.15, -0.1) is 0 Å². The molecule has 1 aliphatic rings. The van der Waals surface area contributed by atoms with Crippen molar-refractivity contribution in [1.29, 1.82) is 0 Å². The standard InChI is InChI=1S/C10H11FN2O2/c1-12-10(14)9-7(15-6-2-3-6)4-5-8(11)13-9/h4-6H,2-3H2,1H3,(H,12,14). The largest absolute Gasteiger partial charge is 0.488 e. The number of nitrogens with zero attached hydrogens (tertiary/aromatic N) is 1. The third kappa shape index (κ3) is 2.23. The minimum atomic E-state index is -0.684. The molecule has 1 N–H and O–H groups in total. The van der Waals surface area contributed by atoms with Crippen LogP contribution in [0.2, 0.25) is 0 Å². The van der Waals surface area contributed by atoms with Gasteiger partial charge in [-0.1, -0.05) is 0 Å². The maximum atomic E-state index is 12.9. The summed E-state index contributed by atoms with van der Waals surface area (Å²) in [5.41, 5.74) is 0.00407. The van der Waals surface area contributed by atoms with Crippen LogP contribution in [0.4, 0.5) is 4.39 Å². The fraction of sp³-hybridized carbons (Fsp3) is 0.400. The van der Waals surface area contributed by atoms with E-state index in [1.807, 2.05) is 0 Å². The lowest BCUT2D eigenvalue weighted by atomic mass is 10.3. The maximum absolute atomic E-state index is 12.9. The summed E-state index contributed by atoms with van der Waals surface area (Å²) in [5, 5.41) is 2.39. The van der Waals surface area contributed by atoms with Gasteiger partial charge in [-0.25, -0.2) is 4.98 Å². The molecule has 1 amide bonds. The van der Waals surface area contributed by atoms with Gasteiger partial charge in [0.2, 0.25) is 5.95 Å². The van der Waals surface area contributed by atoms with Crippen LogP contribution in [0.5, 0.6) is 5.75 Å². The number of nitrogens with one attached hydrogen (secondary N) is 1. The zero-order valence-corrected chi connectivity index (χ0v) is 8.29. The quantitative estimate of drug-likeness (QED) is 0.760. The van der Waals surface area contributed by atoms with E-state index >= 15 is 0 Å². The van der Waals surface area contributed by atoms with Crippen LogP contribution in [-0.4, -0.2) is 24.0 Å². The second-order valence-corrected chi connectivity index (χ2v) is 3.38. The number of amides is 1. The first-order valence-electron chi connectivity index (χ1n) is 4.76. The number of halogens is 1. The van der Waals surface area contributed by atoms with Gasteiger partial charge in [-0.2, -0.15) is 4.39 Å². The lowest BCUT2D eigenvalue weighted by Crippen LogP contribution is -2.21. The second kappa shape index (κ2) is 3.84. The monoisotopic (exact) mass is 210 g/mol. The van der Waals surface area contributed by atoms with E-state index in [0.717, 1.165) is 12.8 Å². The SMILES string of the molecule is CNC(=O)c1nc(F)ccc1OC1CC1. The van der Waals surface area contributed by atoms with Gasteiger partial charge in [-0.05, 0) is 25.0 Å². The van der Waals surface area contributed by atoms with Crippen LogP contribution < -0.4 is 10.1 Å². The Morgan fingerprint density at radius 2 is 2.33 bits per heavy atom. The molecule has 0 radical (unpaired) electrons. The lowest BCUT2D eigenvalue weighted by Gasteiger charge is -2.08. The normalized spacial score (nSPS) is 14.8.